The van der Waals surface area contributed by atoms with E-state index in [0.717, 1.165) is 10.0 Å². The van der Waals surface area contributed by atoms with Crippen molar-refractivity contribution in [1.82, 2.24) is 10.0 Å². The molecule has 1 unspecified atom stereocenters. The van der Waals surface area contributed by atoms with Gasteiger partial charge in [0, 0.05) is 22.6 Å². The summed E-state index contributed by atoms with van der Waals surface area (Å²) in [5.74, 6) is 0. The summed E-state index contributed by atoms with van der Waals surface area (Å²) in [6, 6.07) is 8.20. The van der Waals surface area contributed by atoms with Crippen LogP contribution >= 0.6 is 15.9 Å². The van der Waals surface area contributed by atoms with Gasteiger partial charge in [-0.15, -0.1) is 0 Å². The van der Waals surface area contributed by atoms with Gasteiger partial charge in [0.15, 0.2) is 0 Å². The molecule has 0 bridgehead atoms. The number of sulfonamides is 1. The quantitative estimate of drug-likeness (QED) is 0.829. The average molecular weight is 349 g/mol. The fourth-order valence-corrected chi connectivity index (χ4v) is 3.33. The first-order valence-corrected chi connectivity index (χ1v) is 8.75. The normalized spacial score (nSPS) is 14.4. The summed E-state index contributed by atoms with van der Waals surface area (Å²) < 4.78 is 26.2. The molecule has 0 saturated heterocycles. The molecule has 0 aliphatic rings. The Morgan fingerprint density at radius 1 is 1.37 bits per heavy atom. The topological polar surface area (TPSA) is 58.2 Å². The Bertz CT molecular complexity index is 529. The van der Waals surface area contributed by atoms with Gasteiger partial charge >= 0.3 is 0 Å². The molecule has 4 nitrogen and oxygen atoms in total. The smallest absolute Gasteiger partial charge is 0.209 e. The zero-order valence-electron chi connectivity index (χ0n) is 11.7. The number of benzene rings is 1. The lowest BCUT2D eigenvalue weighted by Crippen LogP contribution is -2.50. The van der Waals surface area contributed by atoms with Crippen molar-refractivity contribution in [3.8, 4) is 0 Å². The molecule has 1 atom stereocenters. The molecule has 0 amide bonds. The third kappa shape index (κ3) is 6.51. The summed E-state index contributed by atoms with van der Waals surface area (Å²) in [5, 5.41) is 3.34. The van der Waals surface area contributed by atoms with Gasteiger partial charge in [-0.25, -0.2) is 13.1 Å². The standard InChI is InChI=1S/C13H21BrN2O2S/c1-10(11-6-5-7-12(14)8-11)15-9-13(2,3)16-19(4,17)18/h5-8,10,15-16H,9H2,1-4H3. The van der Waals surface area contributed by atoms with E-state index in [4.69, 9.17) is 0 Å². The van der Waals surface area contributed by atoms with Crippen molar-refractivity contribution in [3.63, 3.8) is 0 Å². The minimum Gasteiger partial charge on any atom is -0.308 e. The van der Waals surface area contributed by atoms with Gasteiger partial charge in [0.05, 0.1) is 6.26 Å². The molecule has 2 N–H and O–H groups in total. The van der Waals surface area contributed by atoms with Crippen molar-refractivity contribution < 1.29 is 8.42 Å². The molecular formula is C13H21BrN2O2S. The molecule has 0 radical (unpaired) electrons. The Kier molecular flexibility index (Phi) is 5.55. The molecular weight excluding hydrogens is 328 g/mol. The average Bonchev–Trinajstić information content (AvgIpc) is 2.22. The van der Waals surface area contributed by atoms with Gasteiger partial charge in [-0.1, -0.05) is 28.1 Å². The Morgan fingerprint density at radius 3 is 2.53 bits per heavy atom. The van der Waals surface area contributed by atoms with Crippen LogP contribution in [0, 0.1) is 0 Å². The molecule has 0 aromatic heterocycles. The third-order valence-electron chi connectivity index (χ3n) is 2.66. The highest BCUT2D eigenvalue weighted by Gasteiger charge is 2.22. The van der Waals surface area contributed by atoms with Gasteiger partial charge in [-0.2, -0.15) is 0 Å². The lowest BCUT2D eigenvalue weighted by atomic mass is 10.0. The van der Waals surface area contributed by atoms with Gasteiger partial charge < -0.3 is 5.32 Å². The van der Waals surface area contributed by atoms with Crippen molar-refractivity contribution in [2.75, 3.05) is 12.8 Å². The second-order valence-corrected chi connectivity index (χ2v) is 8.08. The van der Waals surface area contributed by atoms with Crippen LogP contribution in [0.4, 0.5) is 0 Å². The van der Waals surface area contributed by atoms with E-state index in [1.54, 1.807) is 0 Å². The minimum absolute atomic E-state index is 0.151. The van der Waals surface area contributed by atoms with E-state index in [1.165, 1.54) is 6.26 Å². The molecule has 1 aromatic carbocycles. The van der Waals surface area contributed by atoms with Crippen molar-refractivity contribution in [2.24, 2.45) is 0 Å². The summed E-state index contributed by atoms with van der Waals surface area (Å²) in [6.45, 7) is 6.31. The maximum absolute atomic E-state index is 11.3. The second-order valence-electron chi connectivity index (χ2n) is 5.42. The van der Waals surface area contributed by atoms with Crippen LogP contribution in [0.1, 0.15) is 32.4 Å². The number of nitrogens with one attached hydrogen (secondary N) is 2. The fourth-order valence-electron chi connectivity index (χ4n) is 1.84. The summed E-state index contributed by atoms with van der Waals surface area (Å²) in [6.07, 6.45) is 1.17. The summed E-state index contributed by atoms with van der Waals surface area (Å²) in [5.41, 5.74) is 0.637. The summed E-state index contributed by atoms with van der Waals surface area (Å²) in [7, 11) is -3.20. The van der Waals surface area contributed by atoms with Crippen LogP contribution in [0.2, 0.25) is 0 Å². The van der Waals surface area contributed by atoms with Crippen LogP contribution in [0.15, 0.2) is 28.7 Å². The van der Waals surface area contributed by atoms with E-state index < -0.39 is 15.6 Å². The monoisotopic (exact) mass is 348 g/mol. The van der Waals surface area contributed by atoms with Crippen molar-refractivity contribution in [2.45, 2.75) is 32.4 Å². The van der Waals surface area contributed by atoms with E-state index in [-0.39, 0.29) is 6.04 Å². The van der Waals surface area contributed by atoms with Gasteiger partial charge in [0.1, 0.15) is 0 Å². The van der Waals surface area contributed by atoms with Crippen molar-refractivity contribution in [3.05, 3.63) is 34.3 Å². The highest BCUT2D eigenvalue weighted by molar-refractivity contribution is 9.10. The Morgan fingerprint density at radius 2 is 2.00 bits per heavy atom. The maximum atomic E-state index is 11.3. The first-order valence-electron chi connectivity index (χ1n) is 6.07. The van der Waals surface area contributed by atoms with E-state index in [9.17, 15) is 8.42 Å². The molecule has 0 spiro atoms. The zero-order chi connectivity index (χ0) is 14.7. The largest absolute Gasteiger partial charge is 0.308 e. The van der Waals surface area contributed by atoms with Crippen LogP contribution in [0.3, 0.4) is 0 Å². The lowest BCUT2D eigenvalue weighted by molar-refractivity contribution is 0.399. The van der Waals surface area contributed by atoms with E-state index in [1.807, 2.05) is 32.0 Å². The Labute approximate surface area is 124 Å². The summed E-state index contributed by atoms with van der Waals surface area (Å²) >= 11 is 3.44. The van der Waals surface area contributed by atoms with Crippen LogP contribution in [-0.2, 0) is 10.0 Å². The third-order valence-corrected chi connectivity index (χ3v) is 4.08. The molecule has 1 aromatic rings. The number of hydrogen-bond acceptors (Lipinski definition) is 3. The van der Waals surface area contributed by atoms with Crippen molar-refractivity contribution in [1.29, 1.82) is 0 Å². The molecule has 0 fully saturated rings. The van der Waals surface area contributed by atoms with Gasteiger partial charge in [-0.3, -0.25) is 0 Å². The fraction of sp³-hybridized carbons (Fsp3) is 0.538. The highest BCUT2D eigenvalue weighted by Crippen LogP contribution is 2.18. The minimum atomic E-state index is -3.20. The molecule has 0 saturated carbocycles. The molecule has 108 valence electrons. The molecule has 0 heterocycles. The van der Waals surface area contributed by atoms with Crippen LogP contribution in [0.5, 0.6) is 0 Å². The maximum Gasteiger partial charge on any atom is 0.209 e. The first kappa shape index (κ1) is 16.6. The zero-order valence-corrected chi connectivity index (χ0v) is 14.1. The highest BCUT2D eigenvalue weighted by atomic mass is 79.9. The number of rotatable bonds is 6. The van der Waals surface area contributed by atoms with Crippen LogP contribution in [-0.4, -0.2) is 26.8 Å². The van der Waals surface area contributed by atoms with Gasteiger partial charge in [-0.05, 0) is 38.5 Å². The Hall–Kier alpha value is -0.430. The Balaban J connectivity index is 2.61. The van der Waals surface area contributed by atoms with Crippen LogP contribution < -0.4 is 10.0 Å². The van der Waals surface area contributed by atoms with Crippen LogP contribution in [0.25, 0.3) is 0 Å². The number of halogens is 1. The van der Waals surface area contributed by atoms with Gasteiger partial charge in [0.2, 0.25) is 10.0 Å². The predicted molar refractivity (Wildman–Crippen MR) is 82.6 cm³/mol. The summed E-state index contributed by atoms with van der Waals surface area (Å²) in [4.78, 5) is 0. The van der Waals surface area contributed by atoms with Gasteiger partial charge in [0.25, 0.3) is 0 Å². The number of hydrogen-bond donors (Lipinski definition) is 2. The van der Waals surface area contributed by atoms with E-state index in [2.05, 4.69) is 39.0 Å². The SMILES string of the molecule is CC(NCC(C)(C)NS(C)(=O)=O)c1cccc(Br)c1. The van der Waals surface area contributed by atoms with E-state index in [0.29, 0.717) is 6.54 Å². The van der Waals surface area contributed by atoms with Crippen molar-refractivity contribution >= 4 is 26.0 Å². The molecule has 0 aliphatic carbocycles. The lowest BCUT2D eigenvalue weighted by Gasteiger charge is -2.27. The molecule has 1 rings (SSSR count). The molecule has 6 heteroatoms. The second kappa shape index (κ2) is 6.35. The predicted octanol–water partition coefficient (Wildman–Crippen LogP) is 2.43. The first-order chi connectivity index (χ1) is 8.59. The van der Waals surface area contributed by atoms with E-state index >= 15 is 0 Å². The molecule has 19 heavy (non-hydrogen) atoms. The molecule has 0 aliphatic heterocycles.